The van der Waals surface area contributed by atoms with Gasteiger partial charge in [-0.05, 0) is 36.2 Å². The van der Waals surface area contributed by atoms with Crippen molar-refractivity contribution in [1.29, 1.82) is 0 Å². The van der Waals surface area contributed by atoms with E-state index >= 15 is 0 Å². The molecule has 156 valence electrons. The number of benzene rings is 2. The fourth-order valence-electron chi connectivity index (χ4n) is 4.03. The summed E-state index contributed by atoms with van der Waals surface area (Å²) in [5.74, 6) is 0.962. The van der Waals surface area contributed by atoms with Crippen LogP contribution in [0.5, 0.6) is 5.75 Å². The molecule has 2 aromatic carbocycles. The summed E-state index contributed by atoms with van der Waals surface area (Å²) in [5, 5.41) is 3.19. The summed E-state index contributed by atoms with van der Waals surface area (Å²) in [4.78, 5) is 16.2. The Balaban J connectivity index is 1.56. The molecule has 0 aliphatic carbocycles. The number of nitrogens with zero attached hydrogens (tertiary/aromatic N) is 1. The first-order valence-corrected chi connectivity index (χ1v) is 10.6. The molecule has 1 aliphatic rings. The van der Waals surface area contributed by atoms with E-state index in [1.165, 1.54) is 37.2 Å². The highest BCUT2D eigenvalue weighted by Gasteiger charge is 2.27. The molecule has 3 rings (SSSR count). The summed E-state index contributed by atoms with van der Waals surface area (Å²) in [6.45, 7) is 3.06. The van der Waals surface area contributed by atoms with Crippen LogP contribution in [0.4, 0.5) is 5.69 Å². The van der Waals surface area contributed by atoms with Crippen molar-refractivity contribution < 1.29 is 14.4 Å². The molecule has 5 nitrogen and oxygen atoms in total. The molecular formula is C24H34N3O2+. The third-order valence-electron chi connectivity index (χ3n) is 5.85. The number of amides is 1. The van der Waals surface area contributed by atoms with Crippen molar-refractivity contribution in [3.05, 3.63) is 59.7 Å². The van der Waals surface area contributed by atoms with Gasteiger partial charge in [-0.3, -0.25) is 4.79 Å². The van der Waals surface area contributed by atoms with Gasteiger partial charge in [0.15, 0.2) is 0 Å². The normalized spacial score (nSPS) is 15.1. The Hall–Kier alpha value is -2.53. The summed E-state index contributed by atoms with van der Waals surface area (Å²) >= 11 is 0. The summed E-state index contributed by atoms with van der Waals surface area (Å²) in [6.07, 6.45) is 3.79. The Morgan fingerprint density at radius 3 is 2.31 bits per heavy atom. The van der Waals surface area contributed by atoms with Crippen LogP contribution in [0.25, 0.3) is 0 Å². The number of nitrogens with one attached hydrogen (secondary N) is 2. The SMILES string of the molecule is COc1ccc(CCC(=O)NC[C@H](c2ccc(N(C)C)cc2)[NH+]2CCCC2)cc1. The molecule has 0 aromatic heterocycles. The lowest BCUT2D eigenvalue weighted by Crippen LogP contribution is -3.11. The number of hydrogen-bond acceptors (Lipinski definition) is 3. The number of anilines is 1. The number of carbonyl (C=O) groups is 1. The Labute approximate surface area is 174 Å². The molecule has 0 bridgehead atoms. The lowest BCUT2D eigenvalue weighted by atomic mass is 10.0. The molecule has 29 heavy (non-hydrogen) atoms. The molecule has 1 atom stereocenters. The van der Waals surface area contributed by atoms with E-state index in [0.29, 0.717) is 19.0 Å². The quantitative estimate of drug-likeness (QED) is 0.683. The molecule has 2 N–H and O–H groups in total. The summed E-state index contributed by atoms with van der Waals surface area (Å²) in [7, 11) is 5.78. The van der Waals surface area contributed by atoms with Gasteiger partial charge in [-0.1, -0.05) is 24.3 Å². The second-order valence-electron chi connectivity index (χ2n) is 8.06. The summed E-state index contributed by atoms with van der Waals surface area (Å²) < 4.78 is 5.19. The van der Waals surface area contributed by atoms with Crippen LogP contribution < -0.4 is 19.9 Å². The van der Waals surface area contributed by atoms with Gasteiger partial charge < -0.3 is 19.9 Å². The van der Waals surface area contributed by atoms with Crippen molar-refractivity contribution in [3.8, 4) is 5.75 Å². The van der Waals surface area contributed by atoms with Gasteiger partial charge >= 0.3 is 0 Å². The summed E-state index contributed by atoms with van der Waals surface area (Å²) in [5.41, 5.74) is 3.66. The van der Waals surface area contributed by atoms with Gasteiger partial charge in [0.2, 0.25) is 5.91 Å². The molecule has 0 spiro atoms. The lowest BCUT2D eigenvalue weighted by molar-refractivity contribution is -0.918. The Bertz CT molecular complexity index is 766. The standard InChI is InChI=1S/C24H33N3O2/c1-26(2)21-11-9-20(10-12-21)23(27-16-4-5-17-27)18-25-24(28)15-8-19-6-13-22(29-3)14-7-19/h6-7,9-14,23H,4-5,8,15-18H2,1-3H3,(H,25,28)/p+1/t23-/m1/s1. The average Bonchev–Trinajstić information content (AvgIpc) is 3.27. The molecule has 1 fully saturated rings. The first-order chi connectivity index (χ1) is 14.1. The molecule has 1 aliphatic heterocycles. The van der Waals surface area contributed by atoms with Crippen LogP contribution in [-0.2, 0) is 11.2 Å². The summed E-state index contributed by atoms with van der Waals surface area (Å²) in [6, 6.07) is 17.0. The van der Waals surface area contributed by atoms with Crippen molar-refractivity contribution in [2.75, 3.05) is 45.7 Å². The minimum atomic E-state index is 0.120. The predicted molar refractivity (Wildman–Crippen MR) is 118 cm³/mol. The molecule has 1 saturated heterocycles. The molecule has 0 unspecified atom stereocenters. The number of rotatable bonds is 9. The number of ether oxygens (including phenoxy) is 1. The number of quaternary nitrogens is 1. The number of aryl methyl sites for hydroxylation is 1. The van der Waals surface area contributed by atoms with Gasteiger partial charge in [0.05, 0.1) is 26.7 Å². The first-order valence-electron chi connectivity index (χ1n) is 10.6. The minimum absolute atomic E-state index is 0.120. The van der Waals surface area contributed by atoms with E-state index in [0.717, 1.165) is 17.7 Å². The topological polar surface area (TPSA) is 46.0 Å². The molecule has 2 aromatic rings. The molecule has 1 amide bonds. The highest BCUT2D eigenvalue weighted by Crippen LogP contribution is 2.17. The van der Waals surface area contributed by atoms with E-state index in [9.17, 15) is 4.79 Å². The first kappa shape index (κ1) is 21.2. The van der Waals surface area contributed by atoms with Crippen LogP contribution in [0.1, 0.15) is 36.4 Å². The van der Waals surface area contributed by atoms with E-state index in [-0.39, 0.29) is 5.91 Å². The van der Waals surface area contributed by atoms with E-state index in [4.69, 9.17) is 4.74 Å². The van der Waals surface area contributed by atoms with E-state index in [1.54, 1.807) is 12.0 Å². The largest absolute Gasteiger partial charge is 0.497 e. The number of methoxy groups -OCH3 is 1. The highest BCUT2D eigenvalue weighted by molar-refractivity contribution is 5.76. The van der Waals surface area contributed by atoms with Gasteiger partial charge in [-0.15, -0.1) is 0 Å². The van der Waals surface area contributed by atoms with Crippen LogP contribution in [0.2, 0.25) is 0 Å². The Kier molecular flexibility index (Phi) is 7.53. The fourth-order valence-corrected chi connectivity index (χ4v) is 4.03. The van der Waals surface area contributed by atoms with Crippen molar-refractivity contribution in [3.63, 3.8) is 0 Å². The zero-order chi connectivity index (χ0) is 20.6. The Morgan fingerprint density at radius 2 is 1.72 bits per heavy atom. The molecule has 1 heterocycles. The highest BCUT2D eigenvalue weighted by atomic mass is 16.5. The van der Waals surface area contributed by atoms with Gasteiger partial charge in [0.25, 0.3) is 0 Å². The number of carbonyl (C=O) groups excluding carboxylic acids is 1. The molecule has 0 saturated carbocycles. The Morgan fingerprint density at radius 1 is 1.07 bits per heavy atom. The van der Waals surface area contributed by atoms with Gasteiger partial charge in [0, 0.05) is 44.6 Å². The van der Waals surface area contributed by atoms with Crippen LogP contribution in [-0.4, -0.2) is 46.7 Å². The molecule has 0 radical (unpaired) electrons. The van der Waals surface area contributed by atoms with E-state index in [2.05, 4.69) is 48.6 Å². The maximum absolute atomic E-state index is 12.5. The second kappa shape index (κ2) is 10.3. The molecule has 5 heteroatoms. The number of hydrogen-bond donors (Lipinski definition) is 2. The zero-order valence-electron chi connectivity index (χ0n) is 17.9. The maximum Gasteiger partial charge on any atom is 0.220 e. The van der Waals surface area contributed by atoms with Crippen molar-refractivity contribution in [2.45, 2.75) is 31.7 Å². The van der Waals surface area contributed by atoms with Crippen molar-refractivity contribution >= 4 is 11.6 Å². The predicted octanol–water partition coefficient (Wildman–Crippen LogP) is 2.23. The molecular weight excluding hydrogens is 362 g/mol. The maximum atomic E-state index is 12.5. The fraction of sp³-hybridized carbons (Fsp3) is 0.458. The zero-order valence-corrected chi connectivity index (χ0v) is 17.9. The van der Waals surface area contributed by atoms with Gasteiger partial charge in [-0.25, -0.2) is 0 Å². The van der Waals surface area contributed by atoms with Crippen molar-refractivity contribution in [2.24, 2.45) is 0 Å². The monoisotopic (exact) mass is 396 g/mol. The third-order valence-corrected chi connectivity index (χ3v) is 5.85. The second-order valence-corrected chi connectivity index (χ2v) is 8.06. The van der Waals surface area contributed by atoms with Crippen molar-refractivity contribution in [1.82, 2.24) is 5.32 Å². The average molecular weight is 397 g/mol. The number of likely N-dealkylation sites (tertiary alicyclic amines) is 1. The van der Waals surface area contributed by atoms with E-state index < -0.39 is 0 Å². The van der Waals surface area contributed by atoms with Gasteiger partial charge in [-0.2, -0.15) is 0 Å². The van der Waals surface area contributed by atoms with Crippen LogP contribution >= 0.6 is 0 Å². The van der Waals surface area contributed by atoms with Crippen LogP contribution in [0, 0.1) is 0 Å². The minimum Gasteiger partial charge on any atom is -0.497 e. The van der Waals surface area contributed by atoms with E-state index in [1.807, 2.05) is 24.3 Å². The smallest absolute Gasteiger partial charge is 0.220 e. The van der Waals surface area contributed by atoms with Crippen LogP contribution in [0.3, 0.4) is 0 Å². The lowest BCUT2D eigenvalue weighted by Gasteiger charge is -2.26. The van der Waals surface area contributed by atoms with Crippen LogP contribution in [0.15, 0.2) is 48.5 Å². The van der Waals surface area contributed by atoms with Gasteiger partial charge in [0.1, 0.15) is 11.8 Å². The third kappa shape index (κ3) is 5.97.